The Bertz CT molecular complexity index is 221. The van der Waals surface area contributed by atoms with Gasteiger partial charge in [-0.25, -0.2) is 0 Å². The van der Waals surface area contributed by atoms with Crippen LogP contribution in [-0.4, -0.2) is 17.7 Å². The fourth-order valence-corrected chi connectivity index (χ4v) is 1.24. The number of Topliss-reactive ketones (excluding diaryl/α,β-unsaturated/α-hetero) is 1. The Kier molecular flexibility index (Phi) is 4.81. The number of nitrogens with one attached hydrogen (secondary N) is 1. The number of ketones is 1. The second kappa shape index (κ2) is 5.13. The number of hydrogen-bond acceptors (Lipinski definition) is 2. The molecular formula is C11H21NO2. The smallest absolute Gasteiger partial charge is 0.217 e. The number of rotatable bonds is 5. The van der Waals surface area contributed by atoms with E-state index in [2.05, 4.69) is 5.32 Å². The van der Waals surface area contributed by atoms with Crippen molar-refractivity contribution in [2.45, 2.75) is 53.5 Å². The molecule has 1 N–H and O–H groups in total. The number of amides is 1. The van der Waals surface area contributed by atoms with Crippen LogP contribution in [-0.2, 0) is 9.59 Å². The zero-order valence-corrected chi connectivity index (χ0v) is 9.81. The van der Waals surface area contributed by atoms with Crippen LogP contribution in [0.25, 0.3) is 0 Å². The Labute approximate surface area is 86.3 Å². The first kappa shape index (κ1) is 13.1. The average Bonchev–Trinajstić information content (AvgIpc) is 2.12. The first-order chi connectivity index (χ1) is 6.35. The summed E-state index contributed by atoms with van der Waals surface area (Å²) in [5, 5.41) is 2.68. The van der Waals surface area contributed by atoms with Gasteiger partial charge in [0.1, 0.15) is 0 Å². The summed E-state index contributed by atoms with van der Waals surface area (Å²) in [5.41, 5.74) is -0.344. The van der Waals surface area contributed by atoms with E-state index in [1.54, 1.807) is 0 Å². The topological polar surface area (TPSA) is 46.2 Å². The normalized spacial score (nSPS) is 13.5. The molecule has 3 heteroatoms. The molecule has 0 bridgehead atoms. The molecule has 82 valence electrons. The van der Waals surface area contributed by atoms with Gasteiger partial charge >= 0.3 is 0 Å². The van der Waals surface area contributed by atoms with Gasteiger partial charge in [-0.05, 0) is 12.8 Å². The molecule has 0 aromatic carbocycles. The number of hydrogen-bond donors (Lipinski definition) is 1. The lowest BCUT2D eigenvalue weighted by Crippen LogP contribution is -2.45. The molecule has 0 radical (unpaired) electrons. The Morgan fingerprint density at radius 2 is 1.79 bits per heavy atom. The summed E-state index contributed by atoms with van der Waals surface area (Å²) in [6.45, 7) is 9.16. The minimum absolute atomic E-state index is 0.123. The van der Waals surface area contributed by atoms with Crippen LogP contribution in [0.1, 0.15) is 47.5 Å². The predicted molar refractivity (Wildman–Crippen MR) is 57.0 cm³/mol. The Morgan fingerprint density at radius 3 is 2.07 bits per heavy atom. The van der Waals surface area contributed by atoms with Crippen LogP contribution >= 0.6 is 0 Å². The maximum Gasteiger partial charge on any atom is 0.217 e. The lowest BCUT2D eigenvalue weighted by atomic mass is 9.81. The maximum atomic E-state index is 11.9. The highest BCUT2D eigenvalue weighted by Gasteiger charge is 2.31. The predicted octanol–water partition coefficient (Wildman–Crippen LogP) is 1.91. The van der Waals surface area contributed by atoms with Crippen LogP contribution in [0, 0.1) is 5.41 Å². The van der Waals surface area contributed by atoms with E-state index in [1.807, 2.05) is 27.7 Å². The van der Waals surface area contributed by atoms with E-state index in [-0.39, 0.29) is 23.1 Å². The highest BCUT2D eigenvalue weighted by molar-refractivity contribution is 5.92. The first-order valence-electron chi connectivity index (χ1n) is 5.16. The molecule has 3 nitrogen and oxygen atoms in total. The third-order valence-corrected chi connectivity index (χ3v) is 2.65. The molecule has 0 fully saturated rings. The first-order valence-corrected chi connectivity index (χ1v) is 5.16. The fourth-order valence-electron chi connectivity index (χ4n) is 1.24. The Hall–Kier alpha value is -0.860. The molecule has 0 spiro atoms. The summed E-state index contributed by atoms with van der Waals surface area (Å²) in [7, 11) is 0. The van der Waals surface area contributed by atoms with Crippen LogP contribution < -0.4 is 5.32 Å². The minimum Gasteiger partial charge on any atom is -0.347 e. The van der Waals surface area contributed by atoms with Gasteiger partial charge in [-0.15, -0.1) is 0 Å². The van der Waals surface area contributed by atoms with E-state index >= 15 is 0 Å². The van der Waals surface area contributed by atoms with Crippen LogP contribution in [0.2, 0.25) is 0 Å². The number of carbonyl (C=O) groups excluding carboxylic acids is 2. The monoisotopic (exact) mass is 199 g/mol. The van der Waals surface area contributed by atoms with Crippen LogP contribution in [0.5, 0.6) is 0 Å². The molecule has 0 aliphatic carbocycles. The van der Waals surface area contributed by atoms with Crippen LogP contribution in [0.3, 0.4) is 0 Å². The lowest BCUT2D eigenvalue weighted by Gasteiger charge is -2.26. The third kappa shape index (κ3) is 3.48. The van der Waals surface area contributed by atoms with Crippen LogP contribution in [0.15, 0.2) is 0 Å². The van der Waals surface area contributed by atoms with E-state index in [9.17, 15) is 9.59 Å². The summed E-state index contributed by atoms with van der Waals surface area (Å²) >= 11 is 0. The number of carbonyl (C=O) groups is 2. The summed E-state index contributed by atoms with van der Waals surface area (Å²) in [4.78, 5) is 22.8. The minimum atomic E-state index is -0.344. The van der Waals surface area contributed by atoms with Crippen molar-refractivity contribution in [2.24, 2.45) is 5.41 Å². The molecule has 1 atom stereocenters. The second-order valence-electron chi connectivity index (χ2n) is 4.26. The van der Waals surface area contributed by atoms with E-state index in [1.165, 1.54) is 6.92 Å². The third-order valence-electron chi connectivity index (χ3n) is 2.65. The van der Waals surface area contributed by atoms with E-state index in [4.69, 9.17) is 0 Å². The van der Waals surface area contributed by atoms with Gasteiger partial charge in [-0.2, -0.15) is 0 Å². The van der Waals surface area contributed by atoms with Gasteiger partial charge in [0.05, 0.1) is 6.04 Å². The van der Waals surface area contributed by atoms with Crippen molar-refractivity contribution in [3.05, 3.63) is 0 Å². The van der Waals surface area contributed by atoms with Gasteiger partial charge in [0.15, 0.2) is 5.78 Å². The van der Waals surface area contributed by atoms with E-state index < -0.39 is 0 Å². The van der Waals surface area contributed by atoms with Crippen molar-refractivity contribution in [2.75, 3.05) is 0 Å². The summed E-state index contributed by atoms with van der Waals surface area (Å²) in [5.74, 6) is -0.0187. The van der Waals surface area contributed by atoms with E-state index in [0.29, 0.717) is 6.42 Å². The zero-order chi connectivity index (χ0) is 11.4. The second-order valence-corrected chi connectivity index (χ2v) is 4.26. The van der Waals surface area contributed by atoms with Gasteiger partial charge in [-0.3, -0.25) is 9.59 Å². The molecule has 0 saturated carbocycles. The van der Waals surface area contributed by atoms with Gasteiger partial charge in [0, 0.05) is 12.3 Å². The largest absolute Gasteiger partial charge is 0.347 e. The molecule has 0 aromatic rings. The molecule has 14 heavy (non-hydrogen) atoms. The molecule has 0 rings (SSSR count). The highest BCUT2D eigenvalue weighted by Crippen LogP contribution is 2.23. The van der Waals surface area contributed by atoms with Gasteiger partial charge < -0.3 is 5.32 Å². The van der Waals surface area contributed by atoms with Crippen molar-refractivity contribution in [3.63, 3.8) is 0 Å². The maximum absolute atomic E-state index is 11.9. The molecule has 0 aliphatic heterocycles. The molecule has 0 unspecified atom stereocenters. The molecule has 1 amide bonds. The molecule has 0 heterocycles. The SMILES string of the molecule is CC[C@H](NC(C)=O)C(=O)C(C)(C)CC. The Balaban J connectivity index is 4.54. The quantitative estimate of drug-likeness (QED) is 0.735. The lowest BCUT2D eigenvalue weighted by molar-refractivity contribution is -0.132. The molecule has 0 saturated heterocycles. The van der Waals surface area contributed by atoms with Gasteiger partial charge in [-0.1, -0.05) is 27.7 Å². The standard InChI is InChI=1S/C11H21NO2/c1-6-9(12-8(3)13)10(14)11(4,5)7-2/h9H,6-7H2,1-5H3,(H,12,13)/t9-/m0/s1. The van der Waals surface area contributed by atoms with Gasteiger partial charge in [0.25, 0.3) is 0 Å². The average molecular weight is 199 g/mol. The molecule has 0 aliphatic rings. The highest BCUT2D eigenvalue weighted by atomic mass is 16.2. The Morgan fingerprint density at radius 1 is 1.29 bits per heavy atom. The molecular weight excluding hydrogens is 178 g/mol. The van der Waals surface area contributed by atoms with Crippen molar-refractivity contribution < 1.29 is 9.59 Å². The van der Waals surface area contributed by atoms with E-state index in [0.717, 1.165) is 6.42 Å². The molecule has 0 aromatic heterocycles. The van der Waals surface area contributed by atoms with Crippen molar-refractivity contribution >= 4 is 11.7 Å². The van der Waals surface area contributed by atoms with Gasteiger partial charge in [0.2, 0.25) is 5.91 Å². The zero-order valence-electron chi connectivity index (χ0n) is 9.81. The summed E-state index contributed by atoms with van der Waals surface area (Å²) in [6.07, 6.45) is 1.45. The van der Waals surface area contributed by atoms with Crippen molar-refractivity contribution in [1.82, 2.24) is 5.32 Å². The van der Waals surface area contributed by atoms with Crippen LogP contribution in [0.4, 0.5) is 0 Å². The summed E-state index contributed by atoms with van der Waals surface area (Å²) in [6, 6.07) is -0.331. The summed E-state index contributed by atoms with van der Waals surface area (Å²) < 4.78 is 0. The van der Waals surface area contributed by atoms with Crippen molar-refractivity contribution in [1.29, 1.82) is 0 Å². The van der Waals surface area contributed by atoms with Crippen molar-refractivity contribution in [3.8, 4) is 0 Å². The fraction of sp³-hybridized carbons (Fsp3) is 0.818.